The van der Waals surface area contributed by atoms with Crippen LogP contribution in [0.2, 0.25) is 0 Å². The SMILES string of the molecule is Fc1cc(Cc2ccnc(F)c2)cc(C(F)(F)F)c1. The highest BCUT2D eigenvalue weighted by Gasteiger charge is 2.31. The molecule has 0 bridgehead atoms. The van der Waals surface area contributed by atoms with Gasteiger partial charge in [0.25, 0.3) is 0 Å². The molecule has 0 aliphatic carbocycles. The van der Waals surface area contributed by atoms with E-state index in [4.69, 9.17) is 0 Å². The smallest absolute Gasteiger partial charge is 0.228 e. The molecule has 0 saturated carbocycles. The Hall–Kier alpha value is -1.98. The quantitative estimate of drug-likeness (QED) is 0.596. The topological polar surface area (TPSA) is 12.9 Å². The Labute approximate surface area is 105 Å². The van der Waals surface area contributed by atoms with Crippen molar-refractivity contribution in [1.29, 1.82) is 0 Å². The van der Waals surface area contributed by atoms with Gasteiger partial charge in [0, 0.05) is 6.20 Å². The lowest BCUT2D eigenvalue weighted by Crippen LogP contribution is -2.06. The van der Waals surface area contributed by atoms with Crippen LogP contribution in [0.5, 0.6) is 0 Å². The molecule has 1 aromatic carbocycles. The van der Waals surface area contributed by atoms with Crippen molar-refractivity contribution in [3.8, 4) is 0 Å². The zero-order valence-electron chi connectivity index (χ0n) is 9.51. The monoisotopic (exact) mass is 273 g/mol. The van der Waals surface area contributed by atoms with Crippen molar-refractivity contribution in [3.05, 3.63) is 65.0 Å². The second-order valence-corrected chi connectivity index (χ2v) is 4.01. The van der Waals surface area contributed by atoms with Crippen LogP contribution in [0, 0.1) is 11.8 Å². The molecule has 1 heterocycles. The maximum Gasteiger partial charge on any atom is 0.416 e. The Bertz CT molecular complexity index is 592. The molecule has 0 amide bonds. The molecular weight excluding hydrogens is 265 g/mol. The minimum absolute atomic E-state index is 0.000278. The predicted octanol–water partition coefficient (Wildman–Crippen LogP) is 3.97. The third-order valence-electron chi connectivity index (χ3n) is 2.48. The fourth-order valence-corrected chi connectivity index (χ4v) is 1.70. The molecule has 0 aliphatic rings. The number of hydrogen-bond donors (Lipinski definition) is 0. The van der Waals surface area contributed by atoms with E-state index < -0.39 is 23.5 Å². The molecule has 2 aromatic rings. The minimum Gasteiger partial charge on any atom is -0.228 e. The van der Waals surface area contributed by atoms with Crippen molar-refractivity contribution in [2.75, 3.05) is 0 Å². The van der Waals surface area contributed by atoms with Gasteiger partial charge in [0.05, 0.1) is 5.56 Å². The molecule has 0 N–H and O–H groups in total. The average molecular weight is 273 g/mol. The molecule has 0 radical (unpaired) electrons. The maximum atomic E-state index is 13.2. The number of hydrogen-bond acceptors (Lipinski definition) is 1. The van der Waals surface area contributed by atoms with E-state index in [-0.39, 0.29) is 12.0 Å². The highest BCUT2D eigenvalue weighted by Crippen LogP contribution is 2.30. The Balaban J connectivity index is 2.33. The molecule has 2 rings (SSSR count). The van der Waals surface area contributed by atoms with Crippen molar-refractivity contribution in [1.82, 2.24) is 4.98 Å². The van der Waals surface area contributed by atoms with Crippen molar-refractivity contribution < 1.29 is 22.0 Å². The number of benzene rings is 1. The molecule has 0 saturated heterocycles. The lowest BCUT2D eigenvalue weighted by Gasteiger charge is -2.09. The van der Waals surface area contributed by atoms with E-state index in [1.54, 1.807) is 0 Å². The summed E-state index contributed by atoms with van der Waals surface area (Å²) in [6.45, 7) is 0. The number of nitrogens with zero attached hydrogens (tertiary/aromatic N) is 1. The van der Waals surface area contributed by atoms with Crippen LogP contribution in [0.3, 0.4) is 0 Å². The van der Waals surface area contributed by atoms with Crippen molar-refractivity contribution in [3.63, 3.8) is 0 Å². The van der Waals surface area contributed by atoms with Gasteiger partial charge in [0.15, 0.2) is 0 Å². The molecular formula is C13H8F5N. The third-order valence-corrected chi connectivity index (χ3v) is 2.48. The number of halogens is 5. The summed E-state index contributed by atoms with van der Waals surface area (Å²) >= 11 is 0. The third kappa shape index (κ3) is 3.49. The van der Waals surface area contributed by atoms with Gasteiger partial charge in [-0.25, -0.2) is 9.37 Å². The molecule has 0 aliphatic heterocycles. The highest BCUT2D eigenvalue weighted by molar-refractivity contribution is 5.31. The van der Waals surface area contributed by atoms with Gasteiger partial charge < -0.3 is 0 Å². The first-order valence-corrected chi connectivity index (χ1v) is 5.32. The molecule has 0 atom stereocenters. The first kappa shape index (κ1) is 13.5. The van der Waals surface area contributed by atoms with Crippen LogP contribution in [0.15, 0.2) is 36.5 Å². The Morgan fingerprint density at radius 3 is 2.32 bits per heavy atom. The van der Waals surface area contributed by atoms with Crippen LogP contribution in [-0.2, 0) is 12.6 Å². The Morgan fingerprint density at radius 1 is 0.947 bits per heavy atom. The number of pyridine rings is 1. The summed E-state index contributed by atoms with van der Waals surface area (Å²) in [5.74, 6) is -1.70. The van der Waals surface area contributed by atoms with Gasteiger partial charge >= 0.3 is 6.18 Å². The van der Waals surface area contributed by atoms with Crippen molar-refractivity contribution in [2.24, 2.45) is 0 Å². The van der Waals surface area contributed by atoms with Crippen LogP contribution in [-0.4, -0.2) is 4.98 Å². The first-order valence-electron chi connectivity index (χ1n) is 5.32. The van der Waals surface area contributed by atoms with Crippen molar-refractivity contribution in [2.45, 2.75) is 12.6 Å². The maximum absolute atomic E-state index is 13.2. The fourth-order valence-electron chi connectivity index (χ4n) is 1.70. The average Bonchev–Trinajstić information content (AvgIpc) is 2.26. The summed E-state index contributed by atoms with van der Waals surface area (Å²) in [7, 11) is 0. The van der Waals surface area contributed by atoms with E-state index in [2.05, 4.69) is 4.98 Å². The lowest BCUT2D eigenvalue weighted by molar-refractivity contribution is -0.137. The highest BCUT2D eigenvalue weighted by atomic mass is 19.4. The van der Waals surface area contributed by atoms with Crippen LogP contribution in [0.1, 0.15) is 16.7 Å². The zero-order chi connectivity index (χ0) is 14.0. The van der Waals surface area contributed by atoms with Gasteiger partial charge in [0.1, 0.15) is 5.82 Å². The van der Waals surface area contributed by atoms with Crippen LogP contribution in [0.4, 0.5) is 22.0 Å². The summed E-state index contributed by atoms with van der Waals surface area (Å²) < 4.78 is 63.5. The molecule has 1 aromatic heterocycles. The summed E-state index contributed by atoms with van der Waals surface area (Å²) in [6.07, 6.45) is -3.41. The first-order chi connectivity index (χ1) is 8.84. The summed E-state index contributed by atoms with van der Waals surface area (Å²) in [6, 6.07) is 4.82. The van der Waals surface area contributed by atoms with E-state index in [0.29, 0.717) is 11.6 Å². The van der Waals surface area contributed by atoms with Gasteiger partial charge in [-0.1, -0.05) is 0 Å². The number of alkyl halides is 3. The standard InChI is InChI=1S/C13H8F5N/c14-11-5-9(4-10(7-11)13(16,17)18)3-8-1-2-19-12(15)6-8/h1-2,4-7H,3H2. The fraction of sp³-hybridized carbons (Fsp3) is 0.154. The molecule has 1 nitrogen and oxygen atoms in total. The normalized spacial score (nSPS) is 11.6. The number of aromatic nitrogens is 1. The van der Waals surface area contributed by atoms with E-state index in [9.17, 15) is 22.0 Å². The van der Waals surface area contributed by atoms with E-state index in [1.165, 1.54) is 12.3 Å². The molecule has 0 fully saturated rings. The van der Waals surface area contributed by atoms with Crippen LogP contribution >= 0.6 is 0 Å². The molecule has 6 heteroatoms. The van der Waals surface area contributed by atoms with E-state index >= 15 is 0 Å². The van der Waals surface area contributed by atoms with Gasteiger partial charge in [-0.05, 0) is 47.9 Å². The molecule has 100 valence electrons. The number of rotatable bonds is 2. The van der Waals surface area contributed by atoms with Crippen molar-refractivity contribution >= 4 is 0 Å². The van der Waals surface area contributed by atoms with Crippen LogP contribution in [0.25, 0.3) is 0 Å². The van der Waals surface area contributed by atoms with Gasteiger partial charge in [-0.3, -0.25) is 0 Å². The van der Waals surface area contributed by atoms with Gasteiger partial charge in [-0.2, -0.15) is 17.6 Å². The minimum atomic E-state index is -4.61. The second-order valence-electron chi connectivity index (χ2n) is 4.01. The predicted molar refractivity (Wildman–Crippen MR) is 58.4 cm³/mol. The summed E-state index contributed by atoms with van der Waals surface area (Å²) in [4.78, 5) is 3.34. The van der Waals surface area contributed by atoms with Crippen LogP contribution < -0.4 is 0 Å². The molecule has 0 spiro atoms. The Morgan fingerprint density at radius 2 is 1.68 bits per heavy atom. The summed E-state index contributed by atoms with van der Waals surface area (Å²) in [5, 5.41) is 0. The summed E-state index contributed by atoms with van der Waals surface area (Å²) in [5.41, 5.74) is -0.513. The second kappa shape index (κ2) is 4.95. The Kier molecular flexibility index (Phi) is 3.50. The largest absolute Gasteiger partial charge is 0.416 e. The van der Waals surface area contributed by atoms with E-state index in [1.807, 2.05) is 0 Å². The molecule has 0 unspecified atom stereocenters. The van der Waals surface area contributed by atoms with Gasteiger partial charge in [-0.15, -0.1) is 0 Å². The van der Waals surface area contributed by atoms with E-state index in [0.717, 1.165) is 18.2 Å². The lowest BCUT2D eigenvalue weighted by atomic mass is 10.0. The zero-order valence-corrected chi connectivity index (χ0v) is 9.51. The molecule has 19 heavy (non-hydrogen) atoms. The van der Waals surface area contributed by atoms with Gasteiger partial charge in [0.2, 0.25) is 5.95 Å².